The Kier molecular flexibility index (Phi) is 6.06. The van der Waals surface area contributed by atoms with Crippen LogP contribution in [0.15, 0.2) is 11.6 Å². The second kappa shape index (κ2) is 8.35. The summed E-state index contributed by atoms with van der Waals surface area (Å²) in [6.45, 7) is 7.25. The number of aliphatic carboxylic acids is 1. The summed E-state index contributed by atoms with van der Waals surface area (Å²) >= 11 is 0. The Hall–Kier alpha value is -1.68. The summed E-state index contributed by atoms with van der Waals surface area (Å²) in [4.78, 5) is 24.8. The van der Waals surface area contributed by atoms with Gasteiger partial charge in [-0.05, 0) is 40.0 Å². The van der Waals surface area contributed by atoms with Crippen LogP contribution in [-0.4, -0.2) is 91.1 Å². The van der Waals surface area contributed by atoms with Gasteiger partial charge in [-0.2, -0.15) is 0 Å². The largest absolute Gasteiger partial charge is 0.480 e. The zero-order valence-electron chi connectivity index (χ0n) is 18.7. The van der Waals surface area contributed by atoms with Gasteiger partial charge in [0.05, 0.1) is 37.8 Å². The molecule has 9 nitrogen and oxygen atoms in total. The number of amides is 1. The molecule has 0 radical (unpaired) electrons. The molecular weight excluding hydrogens is 406 g/mol. The summed E-state index contributed by atoms with van der Waals surface area (Å²) < 4.78 is 29.0. The number of hydrogen-bond donors (Lipinski definition) is 1. The maximum absolute atomic E-state index is 12.6. The molecule has 4 aliphatic rings. The number of likely N-dealkylation sites (tertiary alicyclic amines) is 1. The first-order valence-corrected chi connectivity index (χ1v) is 11.0. The van der Waals surface area contributed by atoms with Gasteiger partial charge in [0.15, 0.2) is 0 Å². The molecule has 0 aromatic heterocycles. The SMILES string of the molecule is CO[C@@H]1[C@H](OC(=O)N2CC(OCC(=O)O)C2)CC[C@]2(CO2)[C@H]1[C@@]1(C)OC1CC=C(C)C. The molecule has 3 heterocycles. The van der Waals surface area contributed by atoms with E-state index in [2.05, 4.69) is 26.8 Å². The molecule has 1 saturated carbocycles. The molecule has 4 rings (SSSR count). The molecule has 1 aliphatic carbocycles. The molecule has 174 valence electrons. The number of carbonyl (C=O) groups is 2. The van der Waals surface area contributed by atoms with Crippen molar-refractivity contribution in [2.75, 3.05) is 33.4 Å². The van der Waals surface area contributed by atoms with Crippen LogP contribution >= 0.6 is 0 Å². The molecule has 1 amide bonds. The Morgan fingerprint density at radius 1 is 1.29 bits per heavy atom. The lowest BCUT2D eigenvalue weighted by molar-refractivity contribution is -0.149. The van der Waals surface area contributed by atoms with Crippen molar-refractivity contribution >= 4 is 12.1 Å². The van der Waals surface area contributed by atoms with Crippen molar-refractivity contribution in [1.29, 1.82) is 0 Å². The van der Waals surface area contributed by atoms with E-state index in [1.807, 2.05) is 0 Å². The quantitative estimate of drug-likeness (QED) is 0.452. The van der Waals surface area contributed by atoms with Crippen LogP contribution in [0.5, 0.6) is 0 Å². The smallest absolute Gasteiger partial charge is 0.410 e. The predicted octanol–water partition coefficient (Wildman–Crippen LogP) is 1.98. The van der Waals surface area contributed by atoms with Crippen molar-refractivity contribution in [3.63, 3.8) is 0 Å². The molecule has 31 heavy (non-hydrogen) atoms. The monoisotopic (exact) mass is 439 g/mol. The molecule has 3 saturated heterocycles. The molecule has 4 fully saturated rings. The number of ether oxygens (including phenoxy) is 5. The van der Waals surface area contributed by atoms with Crippen LogP contribution in [-0.2, 0) is 28.5 Å². The Bertz CT molecular complexity index is 740. The number of methoxy groups -OCH3 is 1. The maximum atomic E-state index is 12.6. The van der Waals surface area contributed by atoms with E-state index in [9.17, 15) is 9.59 Å². The highest BCUT2D eigenvalue weighted by molar-refractivity contribution is 5.69. The van der Waals surface area contributed by atoms with Crippen LogP contribution in [0, 0.1) is 5.92 Å². The zero-order chi connectivity index (χ0) is 22.4. The third-order valence-corrected chi connectivity index (χ3v) is 7.04. The van der Waals surface area contributed by atoms with Crippen LogP contribution in [0.3, 0.4) is 0 Å². The first-order valence-electron chi connectivity index (χ1n) is 11.0. The van der Waals surface area contributed by atoms with Gasteiger partial charge >= 0.3 is 12.1 Å². The summed E-state index contributed by atoms with van der Waals surface area (Å²) in [5.74, 6) is -1.04. The summed E-state index contributed by atoms with van der Waals surface area (Å²) in [6, 6.07) is 0. The van der Waals surface area contributed by atoms with E-state index < -0.39 is 12.1 Å². The maximum Gasteiger partial charge on any atom is 0.410 e. The Labute approximate surface area is 182 Å². The molecular formula is C22H33NO8. The molecule has 6 atom stereocenters. The molecule has 9 heteroatoms. The number of rotatable bonds is 8. The number of nitrogens with zero attached hydrogens (tertiary/aromatic N) is 1. The number of carboxylic acid groups (broad SMARTS) is 1. The second-order valence-corrected chi connectivity index (χ2v) is 9.53. The molecule has 0 aromatic carbocycles. The van der Waals surface area contributed by atoms with Crippen molar-refractivity contribution in [3.8, 4) is 0 Å². The van der Waals surface area contributed by atoms with E-state index in [1.165, 1.54) is 10.5 Å². The minimum Gasteiger partial charge on any atom is -0.480 e. The van der Waals surface area contributed by atoms with Crippen molar-refractivity contribution < 1.29 is 38.4 Å². The number of hydrogen-bond acceptors (Lipinski definition) is 7. The Morgan fingerprint density at radius 3 is 2.58 bits per heavy atom. The van der Waals surface area contributed by atoms with E-state index in [4.69, 9.17) is 28.8 Å². The first kappa shape index (κ1) is 22.5. The highest BCUT2D eigenvalue weighted by atomic mass is 16.6. The topological polar surface area (TPSA) is 110 Å². The van der Waals surface area contributed by atoms with Gasteiger partial charge in [0.1, 0.15) is 30.0 Å². The highest BCUT2D eigenvalue weighted by Crippen LogP contribution is 2.59. The Balaban J connectivity index is 1.37. The minimum atomic E-state index is -1.02. The summed E-state index contributed by atoms with van der Waals surface area (Å²) in [6.07, 6.45) is 3.21. The average molecular weight is 440 g/mol. The van der Waals surface area contributed by atoms with Gasteiger partial charge in [-0.1, -0.05) is 11.6 Å². The van der Waals surface area contributed by atoms with Crippen molar-refractivity contribution in [2.45, 2.75) is 75.7 Å². The van der Waals surface area contributed by atoms with E-state index in [0.717, 1.165) is 12.8 Å². The number of carbonyl (C=O) groups excluding carboxylic acids is 1. The fourth-order valence-corrected chi connectivity index (χ4v) is 5.16. The molecule has 0 aromatic rings. The van der Waals surface area contributed by atoms with Crippen molar-refractivity contribution in [1.82, 2.24) is 4.90 Å². The fourth-order valence-electron chi connectivity index (χ4n) is 5.16. The van der Waals surface area contributed by atoms with Crippen LogP contribution < -0.4 is 0 Å². The second-order valence-electron chi connectivity index (χ2n) is 9.53. The van der Waals surface area contributed by atoms with Crippen LogP contribution in [0.2, 0.25) is 0 Å². The normalized spacial score (nSPS) is 39.0. The van der Waals surface area contributed by atoms with Gasteiger partial charge in [0.25, 0.3) is 0 Å². The lowest BCUT2D eigenvalue weighted by atomic mass is 9.68. The molecule has 1 unspecified atom stereocenters. The van der Waals surface area contributed by atoms with Gasteiger partial charge < -0.3 is 33.7 Å². The standard InChI is InChI=1S/C22H33NO8/c1-13(2)5-6-16-21(3,31-16)19-18(27-4)15(7-8-22(19)12-29-22)30-20(26)23-9-14(10-23)28-11-17(24)25/h5,14-16,18-19H,6-12H2,1-4H3,(H,24,25)/t15-,16?,18-,19-,21+,22+/m1/s1. The van der Waals surface area contributed by atoms with Gasteiger partial charge in [0, 0.05) is 7.11 Å². The number of carboxylic acids is 1. The Morgan fingerprint density at radius 2 is 2.00 bits per heavy atom. The molecule has 1 N–H and O–H groups in total. The lowest BCUT2D eigenvalue weighted by Gasteiger charge is -2.44. The highest BCUT2D eigenvalue weighted by Gasteiger charge is 2.72. The fraction of sp³-hybridized carbons (Fsp3) is 0.818. The van der Waals surface area contributed by atoms with Crippen molar-refractivity contribution in [2.24, 2.45) is 5.92 Å². The third-order valence-electron chi connectivity index (χ3n) is 7.04. The van der Waals surface area contributed by atoms with Crippen LogP contribution in [0.25, 0.3) is 0 Å². The summed E-state index contributed by atoms with van der Waals surface area (Å²) in [5, 5.41) is 8.68. The van der Waals surface area contributed by atoms with E-state index in [0.29, 0.717) is 26.1 Å². The van der Waals surface area contributed by atoms with Crippen LogP contribution in [0.4, 0.5) is 4.79 Å². The predicted molar refractivity (Wildman–Crippen MR) is 109 cm³/mol. The zero-order valence-corrected chi connectivity index (χ0v) is 18.7. The molecule has 3 aliphatic heterocycles. The minimum absolute atomic E-state index is 0.0184. The third kappa shape index (κ3) is 4.46. The van der Waals surface area contributed by atoms with E-state index >= 15 is 0 Å². The van der Waals surface area contributed by atoms with Crippen molar-refractivity contribution in [3.05, 3.63) is 11.6 Å². The van der Waals surface area contributed by atoms with E-state index in [-0.39, 0.29) is 48.1 Å². The van der Waals surface area contributed by atoms with Gasteiger partial charge in [0.2, 0.25) is 0 Å². The first-order chi connectivity index (χ1) is 14.7. The molecule has 1 spiro atoms. The number of allylic oxidation sites excluding steroid dienone is 1. The van der Waals surface area contributed by atoms with E-state index in [1.54, 1.807) is 7.11 Å². The summed E-state index contributed by atoms with van der Waals surface area (Å²) in [5.41, 5.74) is 0.625. The van der Waals surface area contributed by atoms with Gasteiger partial charge in [-0.15, -0.1) is 0 Å². The van der Waals surface area contributed by atoms with Gasteiger partial charge in [-0.3, -0.25) is 0 Å². The summed E-state index contributed by atoms with van der Waals surface area (Å²) in [7, 11) is 1.65. The molecule has 0 bridgehead atoms. The van der Waals surface area contributed by atoms with Crippen LogP contribution in [0.1, 0.15) is 40.0 Å². The average Bonchev–Trinajstić information content (AvgIpc) is 3.57. The number of epoxide rings is 2. The van der Waals surface area contributed by atoms with Gasteiger partial charge in [-0.25, -0.2) is 9.59 Å². The lowest BCUT2D eigenvalue weighted by Crippen LogP contribution is -2.59.